The smallest absolute Gasteiger partial charge is 0.116 e. The molecule has 6 rings (SSSR count). The van der Waals surface area contributed by atoms with Gasteiger partial charge in [0.05, 0.1) is 22.9 Å². The average molecular weight is 408 g/mol. The lowest BCUT2D eigenvalue weighted by Crippen LogP contribution is -1.85. The van der Waals surface area contributed by atoms with Crippen molar-refractivity contribution in [3.8, 4) is 33.6 Å². The van der Waals surface area contributed by atoms with Crippen molar-refractivity contribution >= 4 is 33.1 Å². The topological polar surface area (TPSA) is 70.2 Å². The number of H-pyrrole nitrogens is 2. The van der Waals surface area contributed by atoms with E-state index in [0.29, 0.717) is 0 Å². The van der Waals surface area contributed by atoms with Gasteiger partial charge in [-0.05, 0) is 64.7 Å². The number of fused-ring (bicyclic) bond motifs is 2. The number of rotatable bonds is 3. The number of benzene rings is 1. The maximum atomic E-state index is 4.62. The molecular weight excluding hydrogens is 390 g/mol. The molecule has 0 aliphatic carbocycles. The zero-order valence-corrected chi connectivity index (χ0v) is 17.0. The molecule has 1 aromatic carbocycles. The van der Waals surface area contributed by atoms with E-state index in [4.69, 9.17) is 0 Å². The van der Waals surface area contributed by atoms with Gasteiger partial charge in [0.25, 0.3) is 0 Å². The highest BCUT2D eigenvalue weighted by Gasteiger charge is 2.15. The molecule has 0 radical (unpaired) electrons. The molecule has 0 unspecified atom stereocenters. The summed E-state index contributed by atoms with van der Waals surface area (Å²) in [6.45, 7) is 2.11. The van der Waals surface area contributed by atoms with E-state index in [-0.39, 0.29) is 0 Å². The fourth-order valence-electron chi connectivity index (χ4n) is 3.98. The molecule has 0 aliphatic heterocycles. The van der Waals surface area contributed by atoms with Crippen LogP contribution < -0.4 is 0 Å². The molecule has 0 fully saturated rings. The Bertz CT molecular complexity index is 1510. The number of thiophene rings is 1. The second kappa shape index (κ2) is 6.64. The fraction of sp³-hybridized carbons (Fsp3) is 0.0417. The molecule has 5 aromatic heterocycles. The molecule has 0 saturated heterocycles. The second-order valence-corrected chi connectivity index (χ2v) is 8.15. The van der Waals surface area contributed by atoms with Crippen LogP contribution in [0.4, 0.5) is 0 Å². The van der Waals surface area contributed by atoms with Crippen LogP contribution in [-0.4, -0.2) is 25.1 Å². The lowest BCUT2D eigenvalue weighted by atomic mass is 10.0. The van der Waals surface area contributed by atoms with E-state index in [1.807, 2.05) is 30.9 Å². The SMILES string of the molecule is Cc1ccncc1-c1ccc2[nH]nc(-c3cc4c(-c5ccsc5)cncc4[nH]3)c2c1. The van der Waals surface area contributed by atoms with Crippen molar-refractivity contribution in [1.29, 1.82) is 0 Å². The third-order valence-corrected chi connectivity index (χ3v) is 6.23. The van der Waals surface area contributed by atoms with E-state index < -0.39 is 0 Å². The number of aryl methyl sites for hydroxylation is 1. The molecule has 0 spiro atoms. The van der Waals surface area contributed by atoms with Crippen LogP contribution in [-0.2, 0) is 0 Å². The number of nitrogens with one attached hydrogen (secondary N) is 2. The van der Waals surface area contributed by atoms with Gasteiger partial charge in [0.2, 0.25) is 0 Å². The Labute approximate surface area is 176 Å². The first kappa shape index (κ1) is 17.1. The maximum absolute atomic E-state index is 4.62. The standard InChI is InChI=1S/C24H17N5S/c1-14-4-6-25-10-19(14)15-2-3-21-18(8-15)24(29-28-21)22-9-17-20(16-5-7-30-13-16)11-26-12-23(17)27-22/h2-13,27H,1H3,(H,28,29). The summed E-state index contributed by atoms with van der Waals surface area (Å²) in [5, 5.41) is 14.2. The Kier molecular flexibility index (Phi) is 3.79. The molecular formula is C24H17N5S. The van der Waals surface area contributed by atoms with E-state index in [1.165, 1.54) is 11.1 Å². The first-order valence-electron chi connectivity index (χ1n) is 9.67. The molecule has 6 aromatic rings. The summed E-state index contributed by atoms with van der Waals surface area (Å²) in [5.41, 5.74) is 9.66. The average Bonchev–Trinajstić information content (AvgIpc) is 3.51. The van der Waals surface area contributed by atoms with E-state index in [0.717, 1.165) is 49.9 Å². The number of aromatic amines is 2. The Morgan fingerprint density at radius 1 is 0.833 bits per heavy atom. The minimum absolute atomic E-state index is 0.904. The van der Waals surface area contributed by atoms with Gasteiger partial charge in [0.1, 0.15) is 5.69 Å². The summed E-state index contributed by atoms with van der Waals surface area (Å²) in [5.74, 6) is 0. The number of hydrogen-bond acceptors (Lipinski definition) is 4. The molecule has 144 valence electrons. The molecule has 0 atom stereocenters. The highest BCUT2D eigenvalue weighted by Crippen LogP contribution is 2.35. The molecule has 0 bridgehead atoms. The Morgan fingerprint density at radius 3 is 2.63 bits per heavy atom. The van der Waals surface area contributed by atoms with Gasteiger partial charge in [-0.3, -0.25) is 15.1 Å². The van der Waals surface area contributed by atoms with Gasteiger partial charge in [-0.15, -0.1) is 0 Å². The zero-order chi connectivity index (χ0) is 20.1. The third-order valence-electron chi connectivity index (χ3n) is 5.55. The van der Waals surface area contributed by atoms with Gasteiger partial charge in [-0.1, -0.05) is 6.07 Å². The Balaban J connectivity index is 1.53. The van der Waals surface area contributed by atoms with Gasteiger partial charge < -0.3 is 4.98 Å². The minimum Gasteiger partial charge on any atom is -0.352 e. The number of hydrogen-bond donors (Lipinski definition) is 2. The highest BCUT2D eigenvalue weighted by molar-refractivity contribution is 7.08. The fourth-order valence-corrected chi connectivity index (χ4v) is 4.64. The van der Waals surface area contributed by atoms with Crippen LogP contribution >= 0.6 is 11.3 Å². The van der Waals surface area contributed by atoms with Gasteiger partial charge in [0, 0.05) is 40.5 Å². The first-order valence-corrected chi connectivity index (χ1v) is 10.6. The zero-order valence-electron chi connectivity index (χ0n) is 16.2. The van der Waals surface area contributed by atoms with E-state index in [9.17, 15) is 0 Å². The van der Waals surface area contributed by atoms with Crippen molar-refractivity contribution in [2.45, 2.75) is 6.92 Å². The third kappa shape index (κ3) is 2.65. The molecule has 0 saturated carbocycles. The molecule has 0 amide bonds. The van der Waals surface area contributed by atoms with Gasteiger partial charge >= 0.3 is 0 Å². The predicted molar refractivity (Wildman–Crippen MR) is 122 cm³/mol. The van der Waals surface area contributed by atoms with Crippen LogP contribution in [0.25, 0.3) is 55.4 Å². The van der Waals surface area contributed by atoms with Crippen molar-refractivity contribution in [2.24, 2.45) is 0 Å². The molecule has 5 nitrogen and oxygen atoms in total. The Hall–Kier alpha value is -3.77. The van der Waals surface area contributed by atoms with Crippen molar-refractivity contribution in [1.82, 2.24) is 25.1 Å². The summed E-state index contributed by atoms with van der Waals surface area (Å²) >= 11 is 1.69. The monoisotopic (exact) mass is 407 g/mol. The van der Waals surface area contributed by atoms with Crippen molar-refractivity contribution in [2.75, 3.05) is 0 Å². The highest BCUT2D eigenvalue weighted by atomic mass is 32.1. The lowest BCUT2D eigenvalue weighted by molar-refractivity contribution is 1.12. The van der Waals surface area contributed by atoms with Crippen LogP contribution in [0, 0.1) is 6.92 Å². The summed E-state index contributed by atoms with van der Waals surface area (Å²) in [7, 11) is 0. The molecule has 2 N–H and O–H groups in total. The second-order valence-electron chi connectivity index (χ2n) is 7.37. The first-order chi connectivity index (χ1) is 14.8. The number of aromatic nitrogens is 5. The van der Waals surface area contributed by atoms with Gasteiger partial charge in [-0.25, -0.2) is 0 Å². The number of pyridine rings is 2. The van der Waals surface area contributed by atoms with E-state index in [1.54, 1.807) is 11.3 Å². The number of nitrogens with zero attached hydrogens (tertiary/aromatic N) is 3. The summed E-state index contributed by atoms with van der Waals surface area (Å²) in [6.07, 6.45) is 7.53. The maximum Gasteiger partial charge on any atom is 0.116 e. The summed E-state index contributed by atoms with van der Waals surface area (Å²) in [4.78, 5) is 12.2. The largest absolute Gasteiger partial charge is 0.352 e. The van der Waals surface area contributed by atoms with E-state index in [2.05, 4.69) is 73.2 Å². The van der Waals surface area contributed by atoms with Crippen LogP contribution in [0.2, 0.25) is 0 Å². The predicted octanol–water partition coefficient (Wildman–Crippen LogP) is 6.21. The van der Waals surface area contributed by atoms with Gasteiger partial charge in [0.15, 0.2) is 0 Å². The van der Waals surface area contributed by atoms with Gasteiger partial charge in [-0.2, -0.15) is 16.4 Å². The van der Waals surface area contributed by atoms with Crippen LogP contribution in [0.1, 0.15) is 5.56 Å². The van der Waals surface area contributed by atoms with Crippen LogP contribution in [0.5, 0.6) is 0 Å². The quantitative estimate of drug-likeness (QED) is 0.367. The molecule has 0 aliphatic rings. The summed E-state index contributed by atoms with van der Waals surface area (Å²) < 4.78 is 0. The normalized spacial score (nSPS) is 11.5. The van der Waals surface area contributed by atoms with Crippen molar-refractivity contribution in [3.63, 3.8) is 0 Å². The Morgan fingerprint density at radius 2 is 1.77 bits per heavy atom. The van der Waals surface area contributed by atoms with Crippen LogP contribution in [0.15, 0.2) is 71.9 Å². The van der Waals surface area contributed by atoms with Crippen molar-refractivity contribution < 1.29 is 0 Å². The van der Waals surface area contributed by atoms with E-state index >= 15 is 0 Å². The lowest BCUT2D eigenvalue weighted by Gasteiger charge is -2.05. The van der Waals surface area contributed by atoms with Crippen LogP contribution in [0.3, 0.4) is 0 Å². The molecule has 5 heterocycles. The van der Waals surface area contributed by atoms with Crippen molar-refractivity contribution in [3.05, 3.63) is 77.5 Å². The minimum atomic E-state index is 0.904. The summed E-state index contributed by atoms with van der Waals surface area (Å²) in [6, 6.07) is 12.7. The molecule has 30 heavy (non-hydrogen) atoms. The molecule has 6 heteroatoms.